The fourth-order valence-electron chi connectivity index (χ4n) is 3.90. The second-order valence-corrected chi connectivity index (χ2v) is 9.84. The Morgan fingerprint density at radius 1 is 1.00 bits per heavy atom. The van der Waals surface area contributed by atoms with E-state index in [1.807, 2.05) is 54.9 Å². The zero-order valence-electron chi connectivity index (χ0n) is 16.9. The van der Waals surface area contributed by atoms with E-state index in [0.29, 0.717) is 16.7 Å². The molecule has 1 atom stereocenters. The van der Waals surface area contributed by atoms with Crippen molar-refractivity contribution in [2.24, 2.45) is 12.8 Å². The monoisotopic (exact) mass is 408 g/mol. The van der Waals surface area contributed by atoms with Crippen molar-refractivity contribution < 1.29 is 13.2 Å². The van der Waals surface area contributed by atoms with Crippen LogP contribution < -0.4 is 10.5 Å². The molecule has 0 amide bonds. The van der Waals surface area contributed by atoms with E-state index < -0.39 is 14.7 Å². The summed E-state index contributed by atoms with van der Waals surface area (Å²) in [7, 11) is -0.434. The molecule has 1 unspecified atom stereocenters. The quantitative estimate of drug-likeness (QED) is 0.548. The summed E-state index contributed by atoms with van der Waals surface area (Å²) in [5.41, 5.74) is 9.74. The molecule has 1 heterocycles. The van der Waals surface area contributed by atoms with Crippen LogP contribution in [0.15, 0.2) is 65.6 Å². The van der Waals surface area contributed by atoms with Crippen LogP contribution in [0.5, 0.6) is 5.75 Å². The maximum absolute atomic E-state index is 13.8. The first-order valence-electron chi connectivity index (χ1n) is 9.35. The standard InChI is InChI=1S/C23H24N2O3S/c1-15-9-11-16(12-10-15)23(2,24)29(26,27)20-14-13-19(28-4)22-21(20)17-7-5-6-8-18(17)25(22)3/h5-14H,24H2,1-4H3. The Kier molecular flexibility index (Phi) is 4.44. The average Bonchev–Trinajstić information content (AvgIpc) is 3.01. The first-order valence-corrected chi connectivity index (χ1v) is 10.8. The summed E-state index contributed by atoms with van der Waals surface area (Å²) < 4.78 is 35.2. The lowest BCUT2D eigenvalue weighted by Crippen LogP contribution is -2.41. The van der Waals surface area contributed by atoms with Crippen LogP contribution in [0.25, 0.3) is 21.8 Å². The lowest BCUT2D eigenvalue weighted by Gasteiger charge is -2.26. The van der Waals surface area contributed by atoms with E-state index in [1.165, 1.54) is 0 Å². The normalized spacial score (nSPS) is 14.2. The third-order valence-corrected chi connectivity index (χ3v) is 7.94. The van der Waals surface area contributed by atoms with Crippen LogP contribution in [0.1, 0.15) is 18.1 Å². The van der Waals surface area contributed by atoms with Gasteiger partial charge in [0, 0.05) is 23.3 Å². The molecule has 150 valence electrons. The molecule has 4 rings (SSSR count). The van der Waals surface area contributed by atoms with Gasteiger partial charge in [-0.15, -0.1) is 0 Å². The average molecular weight is 409 g/mol. The summed E-state index contributed by atoms with van der Waals surface area (Å²) in [6.07, 6.45) is 0. The summed E-state index contributed by atoms with van der Waals surface area (Å²) >= 11 is 0. The van der Waals surface area contributed by atoms with E-state index in [1.54, 1.807) is 38.3 Å². The molecule has 1 aromatic heterocycles. The fraction of sp³-hybridized carbons (Fsp3) is 0.217. The number of aromatic nitrogens is 1. The molecule has 6 heteroatoms. The van der Waals surface area contributed by atoms with Crippen LogP contribution in [-0.2, 0) is 21.8 Å². The van der Waals surface area contributed by atoms with Gasteiger partial charge in [-0.2, -0.15) is 0 Å². The first kappa shape index (κ1) is 19.5. The minimum absolute atomic E-state index is 0.204. The Hall–Kier alpha value is -2.83. The van der Waals surface area contributed by atoms with Gasteiger partial charge in [0.2, 0.25) is 9.84 Å². The predicted molar refractivity (Wildman–Crippen MR) is 117 cm³/mol. The Bertz CT molecular complexity index is 1330. The molecule has 0 saturated carbocycles. The number of fused-ring (bicyclic) bond motifs is 3. The second-order valence-electron chi connectivity index (χ2n) is 7.54. The fourth-order valence-corrected chi connectivity index (χ4v) is 5.53. The molecule has 3 aromatic carbocycles. The van der Waals surface area contributed by atoms with E-state index in [9.17, 15) is 8.42 Å². The zero-order chi connectivity index (χ0) is 21.0. The van der Waals surface area contributed by atoms with Crippen molar-refractivity contribution in [2.75, 3.05) is 7.11 Å². The van der Waals surface area contributed by atoms with Crippen molar-refractivity contribution in [1.82, 2.24) is 4.57 Å². The van der Waals surface area contributed by atoms with Crippen molar-refractivity contribution in [3.63, 3.8) is 0 Å². The molecule has 0 spiro atoms. The number of rotatable bonds is 4. The highest BCUT2D eigenvalue weighted by molar-refractivity contribution is 7.92. The Balaban J connectivity index is 2.08. The first-order chi connectivity index (χ1) is 13.7. The number of nitrogens with two attached hydrogens (primary N) is 1. The van der Waals surface area contributed by atoms with E-state index in [2.05, 4.69) is 0 Å². The van der Waals surface area contributed by atoms with E-state index in [0.717, 1.165) is 22.0 Å². The van der Waals surface area contributed by atoms with Crippen molar-refractivity contribution in [3.05, 3.63) is 71.8 Å². The molecule has 0 aliphatic carbocycles. The van der Waals surface area contributed by atoms with Crippen molar-refractivity contribution in [3.8, 4) is 5.75 Å². The number of methoxy groups -OCH3 is 1. The summed E-state index contributed by atoms with van der Waals surface area (Å²) in [4.78, 5) is -1.38. The van der Waals surface area contributed by atoms with Gasteiger partial charge in [0.1, 0.15) is 10.6 Å². The maximum atomic E-state index is 13.8. The Morgan fingerprint density at radius 3 is 2.31 bits per heavy atom. The molecule has 0 radical (unpaired) electrons. The van der Waals surface area contributed by atoms with Crippen molar-refractivity contribution >= 4 is 31.6 Å². The van der Waals surface area contributed by atoms with Crippen molar-refractivity contribution in [1.29, 1.82) is 0 Å². The highest BCUT2D eigenvalue weighted by atomic mass is 32.2. The van der Waals surface area contributed by atoms with Gasteiger partial charge in [-0.3, -0.25) is 0 Å². The number of hydrogen-bond acceptors (Lipinski definition) is 4. The molecule has 0 aliphatic heterocycles. The molecule has 29 heavy (non-hydrogen) atoms. The lowest BCUT2D eigenvalue weighted by atomic mass is 10.1. The smallest absolute Gasteiger partial charge is 0.201 e. The van der Waals surface area contributed by atoms with E-state index >= 15 is 0 Å². The van der Waals surface area contributed by atoms with Gasteiger partial charge in [-0.1, -0.05) is 48.0 Å². The molecular formula is C23H24N2O3S. The molecule has 0 bridgehead atoms. The van der Waals surface area contributed by atoms with Gasteiger partial charge in [-0.05, 0) is 37.6 Å². The van der Waals surface area contributed by atoms with Gasteiger partial charge < -0.3 is 15.0 Å². The van der Waals surface area contributed by atoms with Gasteiger partial charge in [0.25, 0.3) is 0 Å². The lowest BCUT2D eigenvalue weighted by molar-refractivity contribution is 0.418. The minimum Gasteiger partial charge on any atom is -0.495 e. The third-order valence-electron chi connectivity index (χ3n) is 5.67. The maximum Gasteiger partial charge on any atom is 0.201 e. The third kappa shape index (κ3) is 2.74. The Labute approximate surface area is 170 Å². The predicted octanol–water partition coefficient (Wildman–Crippen LogP) is 4.25. The minimum atomic E-state index is -3.93. The molecular weight excluding hydrogens is 384 g/mol. The van der Waals surface area contributed by atoms with Crippen molar-refractivity contribution in [2.45, 2.75) is 23.6 Å². The molecule has 4 aromatic rings. The topological polar surface area (TPSA) is 74.3 Å². The van der Waals surface area contributed by atoms with E-state index in [4.69, 9.17) is 10.5 Å². The summed E-state index contributed by atoms with van der Waals surface area (Å²) in [5.74, 6) is 0.617. The van der Waals surface area contributed by atoms with E-state index in [-0.39, 0.29) is 4.90 Å². The number of hydrogen-bond donors (Lipinski definition) is 1. The van der Waals surface area contributed by atoms with Gasteiger partial charge in [0.05, 0.1) is 17.5 Å². The highest BCUT2D eigenvalue weighted by Crippen LogP contribution is 2.42. The second kappa shape index (κ2) is 6.61. The van der Waals surface area contributed by atoms with Crippen LogP contribution in [-0.4, -0.2) is 20.1 Å². The number of nitrogens with zero attached hydrogens (tertiary/aromatic N) is 1. The summed E-state index contributed by atoms with van der Waals surface area (Å²) in [5, 5.41) is 1.48. The van der Waals surface area contributed by atoms with Crippen LogP contribution in [0.4, 0.5) is 0 Å². The van der Waals surface area contributed by atoms with Crippen LogP contribution in [0.2, 0.25) is 0 Å². The summed E-state index contributed by atoms with van der Waals surface area (Å²) in [6.45, 7) is 3.50. The SMILES string of the molecule is COc1ccc(S(=O)(=O)C(C)(N)c2ccc(C)cc2)c2c3ccccc3n(C)c12. The molecule has 0 fully saturated rings. The molecule has 0 aliphatic rings. The van der Waals surface area contributed by atoms with Gasteiger partial charge >= 0.3 is 0 Å². The summed E-state index contributed by atoms with van der Waals surface area (Å²) in [6, 6.07) is 18.3. The molecule has 0 saturated heterocycles. The number of para-hydroxylation sites is 1. The number of ether oxygens (including phenoxy) is 1. The van der Waals surface area contributed by atoms with Crippen LogP contribution >= 0.6 is 0 Å². The largest absolute Gasteiger partial charge is 0.495 e. The van der Waals surface area contributed by atoms with Gasteiger partial charge in [-0.25, -0.2) is 8.42 Å². The number of benzene rings is 3. The number of sulfone groups is 1. The molecule has 2 N–H and O–H groups in total. The number of aryl methyl sites for hydroxylation is 2. The zero-order valence-corrected chi connectivity index (χ0v) is 17.7. The van der Waals surface area contributed by atoms with Crippen LogP contribution in [0.3, 0.4) is 0 Å². The van der Waals surface area contributed by atoms with Gasteiger partial charge in [0.15, 0.2) is 0 Å². The Morgan fingerprint density at radius 2 is 1.66 bits per heavy atom. The highest BCUT2D eigenvalue weighted by Gasteiger charge is 2.40. The van der Waals surface area contributed by atoms with Crippen LogP contribution in [0, 0.1) is 6.92 Å². The molecule has 5 nitrogen and oxygen atoms in total.